The largest absolute Gasteiger partial charge is 0.352 e. The first-order valence-corrected chi connectivity index (χ1v) is 8.78. The Kier molecular flexibility index (Phi) is 8.28. The molecule has 1 N–H and O–H groups in total. The van der Waals surface area contributed by atoms with Gasteiger partial charge >= 0.3 is 0 Å². The third-order valence-electron chi connectivity index (χ3n) is 3.38. The van der Waals surface area contributed by atoms with Gasteiger partial charge in [-0.2, -0.15) is 23.1 Å². The molecule has 2 heterocycles. The lowest BCUT2D eigenvalue weighted by Gasteiger charge is -2.36. The lowest BCUT2D eigenvalue weighted by Crippen LogP contribution is -2.48. The second-order valence-corrected chi connectivity index (χ2v) is 7.26. The van der Waals surface area contributed by atoms with Gasteiger partial charge < -0.3 is 10.2 Å². The van der Waals surface area contributed by atoms with E-state index in [0.717, 1.165) is 31.5 Å². The summed E-state index contributed by atoms with van der Waals surface area (Å²) in [5.74, 6) is 2.96. The molecule has 1 unspecified atom stereocenters. The van der Waals surface area contributed by atoms with E-state index in [1.807, 2.05) is 7.05 Å². The smallest absolute Gasteiger partial charge is 0.193 e. The van der Waals surface area contributed by atoms with Crippen LogP contribution in [0, 0.1) is 5.92 Å². The van der Waals surface area contributed by atoms with E-state index in [0.29, 0.717) is 5.25 Å². The Balaban J connectivity index is 0.00000200. The maximum atomic E-state index is 4.43. The molecule has 0 bridgehead atoms. The van der Waals surface area contributed by atoms with Crippen molar-refractivity contribution >= 4 is 53.0 Å². The van der Waals surface area contributed by atoms with Crippen LogP contribution in [0.15, 0.2) is 21.8 Å². The molecule has 1 atom stereocenters. The quantitative estimate of drug-likeness (QED) is 0.456. The number of nitrogens with one attached hydrogen (secondary N) is 1. The minimum Gasteiger partial charge on any atom is -0.352 e. The van der Waals surface area contributed by atoms with Crippen molar-refractivity contribution in [3.8, 4) is 0 Å². The fraction of sp³-hybridized carbons (Fsp3) is 0.643. The van der Waals surface area contributed by atoms with Crippen LogP contribution >= 0.6 is 47.1 Å². The maximum Gasteiger partial charge on any atom is 0.193 e. The van der Waals surface area contributed by atoms with Gasteiger partial charge in [0.1, 0.15) is 0 Å². The van der Waals surface area contributed by atoms with Crippen molar-refractivity contribution in [3.05, 3.63) is 22.4 Å². The zero-order valence-corrected chi connectivity index (χ0v) is 16.3. The highest BCUT2D eigenvalue weighted by atomic mass is 127. The lowest BCUT2D eigenvalue weighted by molar-refractivity contribution is 0.381. The molecular weight excluding hydrogens is 401 g/mol. The zero-order valence-electron chi connectivity index (χ0n) is 12.3. The molecule has 1 aliphatic rings. The number of halogens is 1. The van der Waals surface area contributed by atoms with Crippen molar-refractivity contribution < 1.29 is 0 Å². The minimum absolute atomic E-state index is 0. The zero-order chi connectivity index (χ0) is 13.7. The van der Waals surface area contributed by atoms with Crippen molar-refractivity contribution in [2.45, 2.75) is 25.6 Å². The summed E-state index contributed by atoms with van der Waals surface area (Å²) in [6.07, 6.45) is 0. The van der Waals surface area contributed by atoms with E-state index in [1.165, 1.54) is 11.3 Å². The summed E-state index contributed by atoms with van der Waals surface area (Å²) >= 11 is 3.84. The fourth-order valence-electron chi connectivity index (χ4n) is 2.18. The van der Waals surface area contributed by atoms with Crippen LogP contribution < -0.4 is 5.32 Å². The second-order valence-electron chi connectivity index (χ2n) is 5.13. The van der Waals surface area contributed by atoms with Gasteiger partial charge in [-0.05, 0) is 28.3 Å². The van der Waals surface area contributed by atoms with Gasteiger partial charge in [0.25, 0.3) is 0 Å². The highest BCUT2D eigenvalue weighted by Crippen LogP contribution is 2.24. The molecule has 6 heteroatoms. The van der Waals surface area contributed by atoms with Crippen LogP contribution in [0.3, 0.4) is 0 Å². The van der Waals surface area contributed by atoms with Crippen LogP contribution in [-0.4, -0.2) is 42.0 Å². The average Bonchev–Trinajstić information content (AvgIpc) is 2.93. The molecule has 1 aliphatic heterocycles. The molecule has 1 aromatic rings. The first-order valence-electron chi connectivity index (χ1n) is 6.79. The van der Waals surface area contributed by atoms with Crippen LogP contribution in [0.2, 0.25) is 0 Å². The fourth-order valence-corrected chi connectivity index (χ4v) is 4.15. The standard InChI is InChI=1S/C14H23N3S2.HI/c1-11(2)13-9-17(5-7-19-13)14(15-3)16-8-12-4-6-18-10-12;/h4,6,10-11,13H,5,7-9H2,1-3H3,(H,15,16);1H. The van der Waals surface area contributed by atoms with Crippen LogP contribution in [0.1, 0.15) is 19.4 Å². The van der Waals surface area contributed by atoms with E-state index < -0.39 is 0 Å². The number of guanidine groups is 1. The molecule has 1 aromatic heterocycles. The molecular formula is C14H24IN3S2. The van der Waals surface area contributed by atoms with Crippen molar-refractivity contribution in [2.75, 3.05) is 25.9 Å². The van der Waals surface area contributed by atoms with E-state index in [2.05, 4.69) is 57.6 Å². The van der Waals surface area contributed by atoms with E-state index in [9.17, 15) is 0 Å². The number of hydrogen-bond donors (Lipinski definition) is 1. The first kappa shape index (κ1) is 18.1. The van der Waals surface area contributed by atoms with Crippen molar-refractivity contribution in [3.63, 3.8) is 0 Å². The second kappa shape index (κ2) is 9.15. The molecule has 0 radical (unpaired) electrons. The molecule has 0 aromatic carbocycles. The van der Waals surface area contributed by atoms with Gasteiger partial charge in [0, 0.05) is 37.7 Å². The van der Waals surface area contributed by atoms with Gasteiger partial charge in [0.15, 0.2) is 5.96 Å². The molecule has 0 saturated carbocycles. The number of nitrogens with zero attached hydrogens (tertiary/aromatic N) is 2. The predicted octanol–water partition coefficient (Wildman–Crippen LogP) is 3.51. The maximum absolute atomic E-state index is 4.43. The molecule has 3 nitrogen and oxygen atoms in total. The SMILES string of the molecule is CN=C(NCc1ccsc1)N1CCSC(C(C)C)C1.I. The molecule has 0 amide bonds. The Morgan fingerprint density at radius 2 is 2.35 bits per heavy atom. The highest BCUT2D eigenvalue weighted by molar-refractivity contribution is 14.0. The van der Waals surface area contributed by atoms with E-state index >= 15 is 0 Å². The molecule has 2 rings (SSSR count). The summed E-state index contributed by atoms with van der Waals surface area (Å²) in [7, 11) is 1.88. The third kappa shape index (κ3) is 5.11. The molecule has 114 valence electrons. The number of thiophene rings is 1. The van der Waals surface area contributed by atoms with Gasteiger partial charge in [-0.15, -0.1) is 24.0 Å². The van der Waals surface area contributed by atoms with Crippen LogP contribution in [-0.2, 0) is 6.54 Å². The Bertz CT molecular complexity index is 407. The monoisotopic (exact) mass is 425 g/mol. The summed E-state index contributed by atoms with van der Waals surface area (Å²) in [6.45, 7) is 7.68. The summed E-state index contributed by atoms with van der Waals surface area (Å²) < 4.78 is 0. The molecule has 20 heavy (non-hydrogen) atoms. The summed E-state index contributed by atoms with van der Waals surface area (Å²) in [6, 6.07) is 2.16. The average molecular weight is 425 g/mol. The summed E-state index contributed by atoms with van der Waals surface area (Å²) in [5, 5.41) is 8.49. The normalized spacial score (nSPS) is 19.9. The molecule has 1 saturated heterocycles. The van der Waals surface area contributed by atoms with Crippen molar-refractivity contribution in [1.82, 2.24) is 10.2 Å². The van der Waals surface area contributed by atoms with Gasteiger partial charge in [-0.25, -0.2) is 0 Å². The van der Waals surface area contributed by atoms with E-state index in [1.54, 1.807) is 11.3 Å². The van der Waals surface area contributed by atoms with Gasteiger partial charge in [0.2, 0.25) is 0 Å². The highest BCUT2D eigenvalue weighted by Gasteiger charge is 2.24. The van der Waals surface area contributed by atoms with Gasteiger partial charge in [-0.3, -0.25) is 4.99 Å². The van der Waals surface area contributed by atoms with Crippen LogP contribution in [0.4, 0.5) is 0 Å². The van der Waals surface area contributed by atoms with Crippen LogP contribution in [0.5, 0.6) is 0 Å². The summed E-state index contributed by atoms with van der Waals surface area (Å²) in [5.41, 5.74) is 1.33. The number of aliphatic imine (C=N–C) groups is 1. The molecule has 1 fully saturated rings. The first-order chi connectivity index (χ1) is 9.20. The van der Waals surface area contributed by atoms with E-state index in [4.69, 9.17) is 0 Å². The topological polar surface area (TPSA) is 27.6 Å². The Hall–Kier alpha value is 0.0500. The third-order valence-corrected chi connectivity index (χ3v) is 5.65. The van der Waals surface area contributed by atoms with E-state index in [-0.39, 0.29) is 24.0 Å². The van der Waals surface area contributed by atoms with Gasteiger partial charge in [0.05, 0.1) is 0 Å². The Labute approximate surface area is 147 Å². The Morgan fingerprint density at radius 1 is 1.55 bits per heavy atom. The van der Waals surface area contributed by atoms with Crippen molar-refractivity contribution in [1.29, 1.82) is 0 Å². The van der Waals surface area contributed by atoms with Gasteiger partial charge in [-0.1, -0.05) is 13.8 Å². The summed E-state index contributed by atoms with van der Waals surface area (Å²) in [4.78, 5) is 6.83. The molecule has 0 aliphatic carbocycles. The number of hydrogen-bond acceptors (Lipinski definition) is 3. The number of thioether (sulfide) groups is 1. The van der Waals surface area contributed by atoms with Crippen LogP contribution in [0.25, 0.3) is 0 Å². The van der Waals surface area contributed by atoms with Crippen molar-refractivity contribution in [2.24, 2.45) is 10.9 Å². The number of rotatable bonds is 3. The minimum atomic E-state index is 0. The predicted molar refractivity (Wildman–Crippen MR) is 103 cm³/mol. The Morgan fingerprint density at radius 3 is 2.95 bits per heavy atom. The lowest BCUT2D eigenvalue weighted by atomic mass is 10.1. The molecule has 0 spiro atoms.